The Kier molecular flexibility index (Phi) is 5.51. The molecule has 1 aromatic rings. The van der Waals surface area contributed by atoms with Crippen molar-refractivity contribution in [2.24, 2.45) is 5.41 Å². The predicted octanol–water partition coefficient (Wildman–Crippen LogP) is 2.13. The molecule has 4 rings (SSSR count). The normalized spacial score (nSPS) is 25.1. The van der Waals surface area contributed by atoms with Crippen LogP contribution < -0.4 is 0 Å². The number of piperidine rings is 2. The first-order chi connectivity index (χ1) is 13.7. The Morgan fingerprint density at radius 1 is 1.03 bits per heavy atom. The van der Waals surface area contributed by atoms with Gasteiger partial charge in [0, 0.05) is 27.2 Å². The molecule has 0 saturated carbocycles. The van der Waals surface area contributed by atoms with E-state index in [1.54, 1.807) is 15.3 Å². The van der Waals surface area contributed by atoms with Crippen molar-refractivity contribution in [2.45, 2.75) is 55.9 Å². The Bertz CT molecular complexity index is 889. The summed E-state index contributed by atoms with van der Waals surface area (Å²) in [4.78, 5) is 17.2. The highest BCUT2D eigenvalue weighted by molar-refractivity contribution is 7.89. The molecule has 7 heteroatoms. The van der Waals surface area contributed by atoms with E-state index in [2.05, 4.69) is 4.90 Å². The van der Waals surface area contributed by atoms with Crippen LogP contribution >= 0.6 is 0 Å². The van der Waals surface area contributed by atoms with Crippen molar-refractivity contribution in [1.82, 2.24) is 14.1 Å². The Morgan fingerprint density at radius 2 is 1.72 bits per heavy atom. The van der Waals surface area contributed by atoms with Crippen molar-refractivity contribution in [3.8, 4) is 0 Å². The number of benzene rings is 1. The van der Waals surface area contributed by atoms with Gasteiger partial charge in [-0.05, 0) is 87.2 Å². The second-order valence-electron chi connectivity index (χ2n) is 9.27. The van der Waals surface area contributed by atoms with Gasteiger partial charge in [0.15, 0.2) is 0 Å². The number of nitrogens with zero attached hydrogens (tertiary/aromatic N) is 3. The molecule has 6 nitrogen and oxygen atoms in total. The summed E-state index contributed by atoms with van der Waals surface area (Å²) in [6, 6.07) is 5.49. The molecular formula is C22H33N3O3S. The number of likely N-dealkylation sites (N-methyl/N-ethyl adjacent to an activating group) is 2. The van der Waals surface area contributed by atoms with Gasteiger partial charge in [-0.3, -0.25) is 9.69 Å². The van der Waals surface area contributed by atoms with Crippen molar-refractivity contribution in [3.05, 3.63) is 29.3 Å². The number of carbonyl (C=O) groups is 1. The molecule has 0 aromatic heterocycles. The van der Waals surface area contributed by atoms with E-state index in [1.807, 2.05) is 33.3 Å². The summed E-state index contributed by atoms with van der Waals surface area (Å²) in [7, 11) is 2.17. The van der Waals surface area contributed by atoms with Crippen LogP contribution in [0.2, 0.25) is 0 Å². The molecule has 160 valence electrons. The number of hydrogen-bond donors (Lipinski definition) is 0. The second-order valence-corrected chi connectivity index (χ2v) is 11.2. The van der Waals surface area contributed by atoms with E-state index in [0.717, 1.165) is 51.5 Å². The lowest BCUT2D eigenvalue weighted by Gasteiger charge is -2.52. The highest BCUT2D eigenvalue weighted by atomic mass is 32.2. The van der Waals surface area contributed by atoms with Crippen molar-refractivity contribution >= 4 is 15.9 Å². The third-order valence-corrected chi connectivity index (χ3v) is 9.20. The highest BCUT2D eigenvalue weighted by Crippen LogP contribution is 2.45. The van der Waals surface area contributed by atoms with Gasteiger partial charge in [-0.2, -0.15) is 4.31 Å². The first-order valence-corrected chi connectivity index (χ1v) is 12.2. The van der Waals surface area contributed by atoms with E-state index in [1.165, 1.54) is 11.1 Å². The van der Waals surface area contributed by atoms with Crippen molar-refractivity contribution in [3.63, 3.8) is 0 Å². The van der Waals surface area contributed by atoms with Crippen LogP contribution in [0.15, 0.2) is 23.1 Å². The predicted molar refractivity (Wildman–Crippen MR) is 113 cm³/mol. The zero-order valence-electron chi connectivity index (χ0n) is 17.9. The summed E-state index contributed by atoms with van der Waals surface area (Å²) in [5, 5.41) is 0. The number of rotatable bonds is 3. The molecular weight excluding hydrogens is 386 g/mol. The lowest BCUT2D eigenvalue weighted by atomic mass is 9.67. The monoisotopic (exact) mass is 419 g/mol. The molecule has 1 spiro atoms. The minimum atomic E-state index is -3.48. The van der Waals surface area contributed by atoms with E-state index < -0.39 is 10.0 Å². The fraction of sp³-hybridized carbons (Fsp3) is 0.682. The van der Waals surface area contributed by atoms with Gasteiger partial charge in [-0.15, -0.1) is 0 Å². The smallest absolute Gasteiger partial charge is 0.243 e. The van der Waals surface area contributed by atoms with Crippen molar-refractivity contribution in [1.29, 1.82) is 0 Å². The van der Waals surface area contributed by atoms with Gasteiger partial charge in [0.05, 0.1) is 10.9 Å². The van der Waals surface area contributed by atoms with E-state index in [0.29, 0.717) is 18.0 Å². The minimum absolute atomic E-state index is 0.127. The Labute approximate surface area is 174 Å². The number of amides is 1. The molecule has 1 amide bonds. The van der Waals surface area contributed by atoms with Gasteiger partial charge >= 0.3 is 0 Å². The number of likely N-dealkylation sites (tertiary alicyclic amines) is 1. The zero-order chi connectivity index (χ0) is 20.8. The van der Waals surface area contributed by atoms with Crippen LogP contribution in [0.4, 0.5) is 0 Å². The molecule has 3 aliphatic rings. The summed E-state index contributed by atoms with van der Waals surface area (Å²) >= 11 is 0. The average molecular weight is 420 g/mol. The molecule has 0 radical (unpaired) electrons. The molecule has 2 fully saturated rings. The molecule has 2 saturated heterocycles. The first-order valence-electron chi connectivity index (χ1n) is 10.8. The number of hydrogen-bond acceptors (Lipinski definition) is 4. The topological polar surface area (TPSA) is 60.9 Å². The number of fused-ring (bicyclic) bond motifs is 1. The van der Waals surface area contributed by atoms with Gasteiger partial charge in [0.2, 0.25) is 15.9 Å². The van der Waals surface area contributed by atoms with Crippen molar-refractivity contribution in [2.75, 3.05) is 40.8 Å². The van der Waals surface area contributed by atoms with E-state index in [4.69, 9.17) is 0 Å². The number of sulfonamides is 1. The lowest BCUT2D eigenvalue weighted by molar-refractivity contribution is -0.143. The number of aryl methyl sites for hydroxylation is 2. The maximum atomic E-state index is 13.3. The third-order valence-electron chi connectivity index (χ3n) is 7.31. The minimum Gasteiger partial charge on any atom is -0.347 e. The summed E-state index contributed by atoms with van der Waals surface area (Å²) < 4.78 is 28.2. The molecule has 1 aromatic carbocycles. The van der Waals surface area contributed by atoms with Gasteiger partial charge in [0.1, 0.15) is 0 Å². The van der Waals surface area contributed by atoms with E-state index in [9.17, 15) is 13.2 Å². The van der Waals surface area contributed by atoms with Gasteiger partial charge in [-0.1, -0.05) is 6.07 Å². The molecule has 0 bridgehead atoms. The highest BCUT2D eigenvalue weighted by Gasteiger charge is 2.50. The fourth-order valence-corrected chi connectivity index (χ4v) is 7.15. The maximum absolute atomic E-state index is 13.3. The lowest BCUT2D eigenvalue weighted by Crippen LogP contribution is -2.61. The molecule has 2 aliphatic heterocycles. The maximum Gasteiger partial charge on any atom is 0.243 e. The second kappa shape index (κ2) is 7.67. The molecule has 0 N–H and O–H groups in total. The van der Waals surface area contributed by atoms with Gasteiger partial charge in [0.25, 0.3) is 0 Å². The van der Waals surface area contributed by atoms with E-state index >= 15 is 0 Å². The Morgan fingerprint density at radius 3 is 2.41 bits per heavy atom. The fourth-order valence-electron chi connectivity index (χ4n) is 5.66. The van der Waals surface area contributed by atoms with Crippen molar-refractivity contribution < 1.29 is 13.2 Å². The third kappa shape index (κ3) is 3.62. The average Bonchev–Trinajstić information content (AvgIpc) is 3.16. The van der Waals surface area contributed by atoms with Crippen LogP contribution in [0, 0.1) is 5.41 Å². The van der Waals surface area contributed by atoms with Crippen LogP contribution in [0.25, 0.3) is 0 Å². The van der Waals surface area contributed by atoms with Crippen LogP contribution in [0.5, 0.6) is 0 Å². The van der Waals surface area contributed by atoms with Crippen LogP contribution in [0.1, 0.15) is 43.2 Å². The molecule has 1 aliphatic carbocycles. The number of carbonyl (C=O) groups excluding carboxylic acids is 1. The SMILES string of the molecule is CN(C)C(=O)C1N(C)CCCC12CCN(S(=O)(=O)c1ccc3c(c1)CCC3)CC2. The summed E-state index contributed by atoms with van der Waals surface area (Å²) in [6.45, 7) is 1.90. The summed E-state index contributed by atoms with van der Waals surface area (Å²) in [5.41, 5.74) is 2.35. The Balaban J connectivity index is 1.54. The molecule has 1 unspecified atom stereocenters. The summed E-state index contributed by atoms with van der Waals surface area (Å²) in [6.07, 6.45) is 6.68. The first kappa shape index (κ1) is 20.8. The zero-order valence-corrected chi connectivity index (χ0v) is 18.7. The molecule has 1 atom stereocenters. The molecule has 29 heavy (non-hydrogen) atoms. The van der Waals surface area contributed by atoms with Gasteiger partial charge < -0.3 is 4.90 Å². The Hall–Kier alpha value is -1.44. The standard InChI is InChI=1S/C22H33N3O3S/c1-23(2)21(26)20-22(10-5-13-24(20)3)11-14-25(15-12-22)29(27,28)19-9-8-17-6-4-7-18(17)16-19/h8-9,16,20H,4-7,10-15H2,1-3H3. The summed E-state index contributed by atoms with van der Waals surface area (Å²) in [5.74, 6) is 0.141. The quantitative estimate of drug-likeness (QED) is 0.753. The van der Waals surface area contributed by atoms with Crippen LogP contribution in [-0.4, -0.2) is 75.2 Å². The largest absolute Gasteiger partial charge is 0.347 e. The van der Waals surface area contributed by atoms with E-state index in [-0.39, 0.29) is 17.4 Å². The van der Waals surface area contributed by atoms with Crippen LogP contribution in [-0.2, 0) is 27.7 Å². The van der Waals surface area contributed by atoms with Crippen LogP contribution in [0.3, 0.4) is 0 Å². The van der Waals surface area contributed by atoms with Gasteiger partial charge in [-0.25, -0.2) is 8.42 Å². The molecule has 2 heterocycles.